The third kappa shape index (κ3) is 5.94. The standard InChI is InChI=1S/C18H24BN3O5/c1-3-22(18(20-2)13-7-5-4-6-8-13)12-16(23)21-15-10-9-14(11-17(24)25)27-19(15)26/h3-8,14-15,26H,1,9-12H2,2H3,(H,21,23)(H,24,25)/b20-18-/t14-,15-/m0/s1. The Hall–Kier alpha value is -2.65. The number of carbonyl (C=O) groups is 2. The summed E-state index contributed by atoms with van der Waals surface area (Å²) in [5, 5.41) is 21.6. The average molecular weight is 373 g/mol. The Bertz CT molecular complexity index is 697. The smallest absolute Gasteiger partial charge is 0.478 e. The van der Waals surface area contributed by atoms with E-state index in [2.05, 4.69) is 16.9 Å². The van der Waals surface area contributed by atoms with E-state index < -0.39 is 25.1 Å². The second kappa shape index (κ2) is 9.89. The lowest BCUT2D eigenvalue weighted by molar-refractivity contribution is -0.139. The first-order chi connectivity index (χ1) is 12.9. The van der Waals surface area contributed by atoms with Crippen LogP contribution in [-0.2, 0) is 14.2 Å². The summed E-state index contributed by atoms with van der Waals surface area (Å²) in [6, 6.07) is 9.43. The lowest BCUT2D eigenvalue weighted by Gasteiger charge is -2.31. The number of nitrogens with one attached hydrogen (secondary N) is 1. The van der Waals surface area contributed by atoms with E-state index in [0.29, 0.717) is 18.7 Å². The van der Waals surface area contributed by atoms with E-state index in [1.165, 1.54) is 6.20 Å². The molecule has 1 fully saturated rings. The van der Waals surface area contributed by atoms with Gasteiger partial charge in [0.25, 0.3) is 0 Å². The molecular weight excluding hydrogens is 349 g/mol. The number of nitrogens with zero attached hydrogens (tertiary/aromatic N) is 2. The van der Waals surface area contributed by atoms with Gasteiger partial charge >= 0.3 is 13.1 Å². The summed E-state index contributed by atoms with van der Waals surface area (Å²) in [6.45, 7) is 3.72. The van der Waals surface area contributed by atoms with Crippen LogP contribution in [0.25, 0.3) is 0 Å². The highest BCUT2D eigenvalue weighted by atomic mass is 16.5. The normalized spacial score (nSPS) is 20.1. The van der Waals surface area contributed by atoms with Gasteiger partial charge in [-0.3, -0.25) is 14.6 Å². The third-order valence-electron chi connectivity index (χ3n) is 4.27. The minimum atomic E-state index is -1.24. The van der Waals surface area contributed by atoms with Crippen molar-refractivity contribution in [3.05, 3.63) is 48.7 Å². The molecule has 0 radical (unpaired) electrons. The fraction of sp³-hybridized carbons (Fsp3) is 0.389. The van der Waals surface area contributed by atoms with Crippen molar-refractivity contribution in [1.29, 1.82) is 0 Å². The average Bonchev–Trinajstić information content (AvgIpc) is 2.64. The highest BCUT2D eigenvalue weighted by Crippen LogP contribution is 2.18. The molecule has 0 unspecified atom stereocenters. The molecule has 1 aliphatic heterocycles. The number of hydrogen-bond donors (Lipinski definition) is 3. The van der Waals surface area contributed by atoms with Gasteiger partial charge < -0.3 is 25.0 Å². The van der Waals surface area contributed by atoms with Crippen LogP contribution in [0.3, 0.4) is 0 Å². The molecular formula is C18H24BN3O5. The molecule has 1 aromatic rings. The highest BCUT2D eigenvalue weighted by Gasteiger charge is 2.36. The molecule has 0 spiro atoms. The zero-order valence-electron chi connectivity index (χ0n) is 15.2. The molecule has 2 atom stereocenters. The van der Waals surface area contributed by atoms with E-state index in [1.807, 2.05) is 30.3 Å². The zero-order valence-corrected chi connectivity index (χ0v) is 15.2. The molecule has 2 rings (SSSR count). The third-order valence-corrected chi connectivity index (χ3v) is 4.27. The number of carbonyl (C=O) groups excluding carboxylic acids is 1. The Balaban J connectivity index is 1.94. The van der Waals surface area contributed by atoms with Crippen LogP contribution in [0.2, 0.25) is 0 Å². The predicted molar refractivity (Wildman–Crippen MR) is 102 cm³/mol. The summed E-state index contributed by atoms with van der Waals surface area (Å²) in [5.41, 5.74) is 0.852. The van der Waals surface area contributed by atoms with Crippen molar-refractivity contribution in [1.82, 2.24) is 10.2 Å². The van der Waals surface area contributed by atoms with Crippen LogP contribution in [0.1, 0.15) is 24.8 Å². The number of amides is 1. The molecule has 1 amide bonds. The van der Waals surface area contributed by atoms with E-state index in [0.717, 1.165) is 5.56 Å². The molecule has 1 heterocycles. The van der Waals surface area contributed by atoms with Gasteiger partial charge in [0.05, 0.1) is 18.5 Å². The molecule has 8 nitrogen and oxygen atoms in total. The van der Waals surface area contributed by atoms with Gasteiger partial charge in [0, 0.05) is 12.6 Å². The number of carboxylic acids is 1. The fourth-order valence-electron chi connectivity index (χ4n) is 3.00. The van der Waals surface area contributed by atoms with Crippen LogP contribution >= 0.6 is 0 Å². The minimum Gasteiger partial charge on any atom is -0.481 e. The summed E-state index contributed by atoms with van der Waals surface area (Å²) in [4.78, 5) is 29.0. The van der Waals surface area contributed by atoms with Crippen molar-refractivity contribution < 1.29 is 24.4 Å². The van der Waals surface area contributed by atoms with Crippen LogP contribution in [0, 0.1) is 0 Å². The van der Waals surface area contributed by atoms with Crippen molar-refractivity contribution in [2.75, 3.05) is 13.6 Å². The Labute approximate surface area is 158 Å². The second-order valence-electron chi connectivity index (χ2n) is 6.22. The maximum atomic E-state index is 12.4. The predicted octanol–water partition coefficient (Wildman–Crippen LogP) is 0.667. The Morgan fingerprint density at radius 3 is 2.67 bits per heavy atom. The molecule has 1 saturated heterocycles. The first-order valence-corrected chi connectivity index (χ1v) is 8.70. The van der Waals surface area contributed by atoms with E-state index in [4.69, 9.17) is 9.76 Å². The van der Waals surface area contributed by atoms with Crippen LogP contribution < -0.4 is 5.32 Å². The molecule has 0 aliphatic carbocycles. The van der Waals surface area contributed by atoms with Gasteiger partial charge in [0.2, 0.25) is 5.91 Å². The molecule has 1 aliphatic rings. The maximum Gasteiger partial charge on any atom is 0.478 e. The minimum absolute atomic E-state index is 0.0210. The summed E-state index contributed by atoms with van der Waals surface area (Å²) < 4.78 is 5.28. The Morgan fingerprint density at radius 1 is 1.41 bits per heavy atom. The quantitative estimate of drug-likeness (QED) is 0.368. The maximum absolute atomic E-state index is 12.4. The van der Waals surface area contributed by atoms with Crippen LogP contribution in [0.5, 0.6) is 0 Å². The second-order valence-corrected chi connectivity index (χ2v) is 6.22. The van der Waals surface area contributed by atoms with Gasteiger partial charge in [-0.1, -0.05) is 36.9 Å². The van der Waals surface area contributed by atoms with Gasteiger partial charge in [0.15, 0.2) is 0 Å². The van der Waals surface area contributed by atoms with Crippen molar-refractivity contribution in [2.24, 2.45) is 4.99 Å². The van der Waals surface area contributed by atoms with Crippen LogP contribution in [0.4, 0.5) is 0 Å². The number of aliphatic carboxylic acids is 1. The van der Waals surface area contributed by atoms with E-state index in [-0.39, 0.29) is 18.9 Å². The van der Waals surface area contributed by atoms with Gasteiger partial charge in [-0.05, 0) is 19.0 Å². The van der Waals surface area contributed by atoms with Gasteiger partial charge in [-0.15, -0.1) is 0 Å². The summed E-state index contributed by atoms with van der Waals surface area (Å²) in [7, 11) is 0.399. The zero-order chi connectivity index (χ0) is 19.8. The van der Waals surface area contributed by atoms with Crippen molar-refractivity contribution in [2.45, 2.75) is 31.3 Å². The Morgan fingerprint density at radius 2 is 2.11 bits per heavy atom. The Kier molecular flexibility index (Phi) is 7.57. The molecule has 144 valence electrons. The van der Waals surface area contributed by atoms with E-state index in [9.17, 15) is 14.6 Å². The van der Waals surface area contributed by atoms with Crippen molar-refractivity contribution in [3.8, 4) is 0 Å². The van der Waals surface area contributed by atoms with Crippen LogP contribution in [-0.4, -0.2) is 65.5 Å². The lowest BCUT2D eigenvalue weighted by atomic mass is 9.72. The highest BCUT2D eigenvalue weighted by molar-refractivity contribution is 6.45. The lowest BCUT2D eigenvalue weighted by Crippen LogP contribution is -2.54. The monoisotopic (exact) mass is 373 g/mol. The van der Waals surface area contributed by atoms with Gasteiger partial charge in [0.1, 0.15) is 12.4 Å². The molecule has 1 aromatic carbocycles. The number of carboxylic acid groups (broad SMARTS) is 1. The number of benzene rings is 1. The molecule has 0 bridgehead atoms. The number of aliphatic imine (C=N–C) groups is 1. The fourth-order valence-corrected chi connectivity index (χ4v) is 3.00. The molecule has 27 heavy (non-hydrogen) atoms. The van der Waals surface area contributed by atoms with E-state index in [1.54, 1.807) is 11.9 Å². The first kappa shape index (κ1) is 20.7. The SMILES string of the molecule is C=CN(CC(=O)N[C@H]1CC[C@@H](CC(=O)O)OB1O)/C(=N\C)c1ccccc1. The number of rotatable bonds is 7. The van der Waals surface area contributed by atoms with E-state index >= 15 is 0 Å². The largest absolute Gasteiger partial charge is 0.481 e. The van der Waals surface area contributed by atoms with Gasteiger partial charge in [-0.25, -0.2) is 0 Å². The molecule has 9 heteroatoms. The topological polar surface area (TPSA) is 111 Å². The first-order valence-electron chi connectivity index (χ1n) is 8.70. The summed E-state index contributed by atoms with van der Waals surface area (Å²) in [5.74, 6) is -1.30. The van der Waals surface area contributed by atoms with Crippen molar-refractivity contribution >= 4 is 24.8 Å². The van der Waals surface area contributed by atoms with Crippen LogP contribution in [0.15, 0.2) is 48.1 Å². The molecule has 3 N–H and O–H groups in total. The summed E-state index contributed by atoms with van der Waals surface area (Å²) in [6.07, 6.45) is 1.69. The van der Waals surface area contributed by atoms with Crippen molar-refractivity contribution in [3.63, 3.8) is 0 Å². The number of hydrogen-bond acceptors (Lipinski definition) is 5. The van der Waals surface area contributed by atoms with Gasteiger partial charge in [-0.2, -0.15) is 0 Å². The molecule has 0 aromatic heterocycles. The summed E-state index contributed by atoms with van der Waals surface area (Å²) >= 11 is 0. The molecule has 0 saturated carbocycles. The number of amidine groups is 1.